The molecule has 2 heterocycles. The number of aromatic nitrogens is 2. The fraction of sp³-hybridized carbons (Fsp3) is 0.765. The predicted molar refractivity (Wildman–Crippen MR) is 107 cm³/mol. The number of nitrogens with one attached hydrogen (secondary N) is 1. The van der Waals surface area contributed by atoms with Crippen LogP contribution in [0.15, 0.2) is 17.4 Å². The molecule has 0 radical (unpaired) electrons. The minimum Gasteiger partial charge on any atom is -0.356 e. The summed E-state index contributed by atoms with van der Waals surface area (Å²) in [7, 11) is 1.96. The average Bonchev–Trinajstić information content (AvgIpc) is 2.85. The quantitative estimate of drug-likeness (QED) is 0.336. The Labute approximate surface area is 157 Å². The van der Waals surface area contributed by atoms with E-state index in [1.165, 1.54) is 5.56 Å². The Balaban J connectivity index is 0.00000264. The highest BCUT2D eigenvalue weighted by atomic mass is 127. The molecule has 1 aromatic heterocycles. The predicted octanol–water partition coefficient (Wildman–Crippen LogP) is 3.06. The van der Waals surface area contributed by atoms with Gasteiger partial charge in [-0.15, -0.1) is 24.0 Å². The number of hydrogen-bond acceptors (Lipinski definition) is 2. The van der Waals surface area contributed by atoms with Crippen LogP contribution in [0.25, 0.3) is 0 Å². The van der Waals surface area contributed by atoms with Crippen molar-refractivity contribution in [2.75, 3.05) is 19.6 Å². The van der Waals surface area contributed by atoms with E-state index >= 15 is 0 Å². The van der Waals surface area contributed by atoms with Gasteiger partial charge < -0.3 is 10.2 Å². The van der Waals surface area contributed by atoms with Crippen molar-refractivity contribution in [1.29, 1.82) is 0 Å². The third kappa shape index (κ3) is 4.39. The molecule has 0 saturated carbocycles. The SMILES string of the molecule is CCNC(=NCCCc1cnn(C)c1)N1CC(C)(C)C1(C)C.I. The fourth-order valence-electron chi connectivity index (χ4n) is 2.86. The van der Waals surface area contributed by atoms with E-state index < -0.39 is 0 Å². The molecule has 5 nitrogen and oxygen atoms in total. The molecule has 0 amide bonds. The average molecular weight is 433 g/mol. The zero-order valence-electron chi connectivity index (χ0n) is 15.4. The number of aliphatic imine (C=N–C) groups is 1. The molecule has 0 bridgehead atoms. The van der Waals surface area contributed by atoms with Crippen molar-refractivity contribution in [3.8, 4) is 0 Å². The van der Waals surface area contributed by atoms with E-state index in [1.807, 2.05) is 17.9 Å². The lowest BCUT2D eigenvalue weighted by molar-refractivity contribution is -0.0667. The molecule has 2 rings (SSSR count). The number of nitrogens with zero attached hydrogens (tertiary/aromatic N) is 4. The Morgan fingerprint density at radius 1 is 1.35 bits per heavy atom. The maximum atomic E-state index is 4.82. The number of guanidine groups is 1. The lowest BCUT2D eigenvalue weighted by Crippen LogP contribution is -2.72. The highest BCUT2D eigenvalue weighted by molar-refractivity contribution is 14.0. The molecule has 132 valence electrons. The number of rotatable bonds is 5. The lowest BCUT2D eigenvalue weighted by Gasteiger charge is -2.62. The minimum atomic E-state index is 0. The van der Waals surface area contributed by atoms with Gasteiger partial charge in [-0.1, -0.05) is 13.8 Å². The van der Waals surface area contributed by atoms with Gasteiger partial charge in [-0.05, 0) is 39.2 Å². The Morgan fingerprint density at radius 2 is 2.04 bits per heavy atom. The maximum absolute atomic E-state index is 4.82. The monoisotopic (exact) mass is 433 g/mol. The maximum Gasteiger partial charge on any atom is 0.194 e. The van der Waals surface area contributed by atoms with E-state index in [0.717, 1.165) is 38.4 Å². The molecule has 0 unspecified atom stereocenters. The molecule has 1 aliphatic rings. The van der Waals surface area contributed by atoms with E-state index in [4.69, 9.17) is 4.99 Å². The molecule has 0 atom stereocenters. The minimum absolute atomic E-state index is 0. The van der Waals surface area contributed by atoms with Gasteiger partial charge in [0.15, 0.2) is 5.96 Å². The molecular weight excluding hydrogens is 401 g/mol. The molecule has 1 aliphatic heterocycles. The van der Waals surface area contributed by atoms with Crippen molar-refractivity contribution < 1.29 is 0 Å². The van der Waals surface area contributed by atoms with Gasteiger partial charge in [-0.3, -0.25) is 9.67 Å². The van der Waals surface area contributed by atoms with E-state index in [1.54, 1.807) is 0 Å². The molecule has 1 N–H and O–H groups in total. The molecular formula is C17H32IN5. The molecule has 1 saturated heterocycles. The summed E-state index contributed by atoms with van der Waals surface area (Å²) in [4.78, 5) is 7.23. The third-order valence-corrected chi connectivity index (χ3v) is 5.12. The van der Waals surface area contributed by atoms with Gasteiger partial charge in [0.05, 0.1) is 6.20 Å². The summed E-state index contributed by atoms with van der Waals surface area (Å²) in [6, 6.07) is 0. The third-order valence-electron chi connectivity index (χ3n) is 5.12. The zero-order valence-corrected chi connectivity index (χ0v) is 17.7. The first-order valence-electron chi connectivity index (χ1n) is 8.31. The second kappa shape index (κ2) is 7.85. The van der Waals surface area contributed by atoms with E-state index in [-0.39, 0.29) is 29.5 Å². The first-order valence-corrected chi connectivity index (χ1v) is 8.31. The van der Waals surface area contributed by atoms with Crippen LogP contribution >= 0.6 is 24.0 Å². The summed E-state index contributed by atoms with van der Waals surface area (Å²) in [6.07, 6.45) is 6.11. The summed E-state index contributed by atoms with van der Waals surface area (Å²) < 4.78 is 1.85. The van der Waals surface area contributed by atoms with Gasteiger partial charge in [0.25, 0.3) is 0 Å². The summed E-state index contributed by atoms with van der Waals surface area (Å²) >= 11 is 0. The van der Waals surface area contributed by atoms with Crippen molar-refractivity contribution in [1.82, 2.24) is 20.0 Å². The number of likely N-dealkylation sites (tertiary alicyclic amines) is 1. The largest absolute Gasteiger partial charge is 0.356 e. The van der Waals surface area contributed by atoms with Crippen molar-refractivity contribution in [2.24, 2.45) is 17.5 Å². The van der Waals surface area contributed by atoms with Gasteiger partial charge >= 0.3 is 0 Å². The topological polar surface area (TPSA) is 45.5 Å². The first-order chi connectivity index (χ1) is 10.3. The van der Waals surface area contributed by atoms with Crippen LogP contribution < -0.4 is 5.32 Å². The summed E-state index contributed by atoms with van der Waals surface area (Å²) in [5.41, 5.74) is 1.77. The smallest absolute Gasteiger partial charge is 0.194 e. The molecule has 0 aromatic carbocycles. The van der Waals surface area contributed by atoms with E-state index in [0.29, 0.717) is 5.41 Å². The molecule has 1 aromatic rings. The Bertz CT molecular complexity index is 533. The van der Waals surface area contributed by atoms with E-state index in [9.17, 15) is 0 Å². The molecule has 1 fully saturated rings. The van der Waals surface area contributed by atoms with Crippen LogP contribution in [0.1, 0.15) is 46.6 Å². The van der Waals surface area contributed by atoms with Crippen LogP contribution in [0.4, 0.5) is 0 Å². The zero-order chi connectivity index (χ0) is 16.4. The van der Waals surface area contributed by atoms with Crippen molar-refractivity contribution >= 4 is 29.9 Å². The molecule has 0 aliphatic carbocycles. The molecule has 0 spiro atoms. The number of halogens is 1. The fourth-order valence-corrected chi connectivity index (χ4v) is 2.86. The summed E-state index contributed by atoms with van der Waals surface area (Å²) in [5, 5.41) is 7.65. The van der Waals surface area contributed by atoms with Gasteiger partial charge in [0, 0.05) is 43.8 Å². The van der Waals surface area contributed by atoms with Gasteiger partial charge in [0.2, 0.25) is 0 Å². The number of aryl methyl sites for hydroxylation is 2. The second-order valence-electron chi connectivity index (χ2n) is 7.39. The Kier molecular flexibility index (Phi) is 6.92. The van der Waals surface area contributed by atoms with Gasteiger partial charge in [-0.25, -0.2) is 0 Å². The Morgan fingerprint density at radius 3 is 2.52 bits per heavy atom. The second-order valence-corrected chi connectivity index (χ2v) is 7.39. The van der Waals surface area contributed by atoms with Crippen LogP contribution in [0, 0.1) is 5.41 Å². The van der Waals surface area contributed by atoms with Crippen LogP contribution in [0.2, 0.25) is 0 Å². The van der Waals surface area contributed by atoms with Crippen LogP contribution in [0.3, 0.4) is 0 Å². The summed E-state index contributed by atoms with van der Waals surface area (Å²) in [5.74, 6) is 1.05. The van der Waals surface area contributed by atoms with Crippen LogP contribution in [-0.4, -0.2) is 45.8 Å². The normalized spacial score (nSPS) is 19.0. The van der Waals surface area contributed by atoms with Gasteiger partial charge in [-0.2, -0.15) is 5.10 Å². The van der Waals surface area contributed by atoms with Crippen LogP contribution in [-0.2, 0) is 13.5 Å². The number of hydrogen-bond donors (Lipinski definition) is 1. The van der Waals surface area contributed by atoms with Crippen LogP contribution in [0.5, 0.6) is 0 Å². The van der Waals surface area contributed by atoms with E-state index in [2.05, 4.69) is 56.1 Å². The van der Waals surface area contributed by atoms with Crippen molar-refractivity contribution in [3.05, 3.63) is 18.0 Å². The standard InChI is InChI=1S/C17H31N5.HI/c1-7-18-15(22-13-16(2,3)17(22,4)5)19-10-8-9-14-11-20-21(6)12-14;/h11-12H,7-10,13H2,1-6H3,(H,18,19);1H. The highest BCUT2D eigenvalue weighted by Gasteiger charge is 2.53. The Hall–Kier alpha value is -0.790. The van der Waals surface area contributed by atoms with Crippen molar-refractivity contribution in [3.63, 3.8) is 0 Å². The summed E-state index contributed by atoms with van der Waals surface area (Å²) in [6.45, 7) is 14.2. The molecule has 23 heavy (non-hydrogen) atoms. The first kappa shape index (κ1) is 20.3. The van der Waals surface area contributed by atoms with Gasteiger partial charge in [0.1, 0.15) is 0 Å². The lowest BCUT2D eigenvalue weighted by atomic mass is 9.65. The van der Waals surface area contributed by atoms with Crippen molar-refractivity contribution in [2.45, 2.75) is 53.0 Å². The molecule has 6 heteroatoms. The highest BCUT2D eigenvalue weighted by Crippen LogP contribution is 2.46.